The molecule has 0 spiro atoms. The second-order valence-corrected chi connectivity index (χ2v) is 12.1. The van der Waals surface area contributed by atoms with Crippen molar-refractivity contribution in [3.63, 3.8) is 0 Å². The van der Waals surface area contributed by atoms with Crippen LogP contribution in [0.3, 0.4) is 0 Å². The van der Waals surface area contributed by atoms with E-state index in [1.807, 2.05) is 12.1 Å². The summed E-state index contributed by atoms with van der Waals surface area (Å²) in [5.74, 6) is -4.84. The summed E-state index contributed by atoms with van der Waals surface area (Å²) in [7, 11) is 1.74. The minimum Gasteiger partial charge on any atom is -0.379 e. The Bertz CT molecular complexity index is 2330. The van der Waals surface area contributed by atoms with E-state index in [1.165, 1.54) is 6.20 Å². The molecule has 3 aromatic carbocycles. The van der Waals surface area contributed by atoms with Crippen molar-refractivity contribution in [3.05, 3.63) is 115 Å². The molecule has 0 aliphatic carbocycles. The van der Waals surface area contributed by atoms with Crippen molar-refractivity contribution in [1.82, 2.24) is 34.2 Å². The molecule has 15 heteroatoms. The van der Waals surface area contributed by atoms with Crippen molar-refractivity contribution in [2.75, 3.05) is 5.32 Å². The number of halogens is 4. The lowest BCUT2D eigenvalue weighted by Crippen LogP contribution is -2.42. The summed E-state index contributed by atoms with van der Waals surface area (Å²) in [6.07, 6.45) is 6.28. The van der Waals surface area contributed by atoms with Crippen molar-refractivity contribution < 1.29 is 18.3 Å². The van der Waals surface area contributed by atoms with Crippen molar-refractivity contribution in [2.24, 2.45) is 7.05 Å². The fourth-order valence-electron chi connectivity index (χ4n) is 6.21. The van der Waals surface area contributed by atoms with Gasteiger partial charge in [0.1, 0.15) is 6.23 Å². The number of fused-ring (bicyclic) bond motifs is 9. The lowest BCUT2D eigenvalue weighted by atomic mass is 9.99. The lowest BCUT2D eigenvalue weighted by molar-refractivity contribution is 0.123. The van der Waals surface area contributed by atoms with Crippen LogP contribution in [0.4, 0.5) is 24.8 Å². The molecule has 6 aromatic rings. The summed E-state index contributed by atoms with van der Waals surface area (Å²) in [5, 5.41) is 23.6. The van der Waals surface area contributed by atoms with E-state index >= 15 is 0 Å². The number of nitrogens with zero attached hydrogens (tertiary/aromatic N) is 6. The van der Waals surface area contributed by atoms with Crippen LogP contribution >= 0.6 is 11.6 Å². The summed E-state index contributed by atoms with van der Waals surface area (Å²) in [4.78, 5) is 36.8. The van der Waals surface area contributed by atoms with Crippen LogP contribution in [0.5, 0.6) is 0 Å². The molecule has 0 amide bonds. The second kappa shape index (κ2) is 12.5. The molecule has 0 fully saturated rings. The van der Waals surface area contributed by atoms with Crippen LogP contribution in [0.25, 0.3) is 27.4 Å². The van der Waals surface area contributed by atoms with Gasteiger partial charge in [-0.05, 0) is 55.0 Å². The van der Waals surface area contributed by atoms with Gasteiger partial charge in [-0.1, -0.05) is 29.8 Å². The maximum atomic E-state index is 14.4. The van der Waals surface area contributed by atoms with Crippen molar-refractivity contribution in [1.29, 1.82) is 0 Å². The molecule has 0 saturated carbocycles. The molecule has 3 N–H and O–H groups in total. The van der Waals surface area contributed by atoms with Crippen molar-refractivity contribution in [3.8, 4) is 5.69 Å². The summed E-state index contributed by atoms with van der Waals surface area (Å²) in [6.45, 7) is -0.398. The number of aromatic nitrogens is 6. The molecule has 246 valence electrons. The number of pyridine rings is 1. The monoisotopic (exact) mass is 676 g/mol. The van der Waals surface area contributed by atoms with Crippen molar-refractivity contribution >= 4 is 44.9 Å². The summed E-state index contributed by atoms with van der Waals surface area (Å²) < 4.78 is 46.1. The number of anilines is 2. The first-order valence-corrected chi connectivity index (χ1v) is 15.5. The van der Waals surface area contributed by atoms with Gasteiger partial charge in [0.25, 0.3) is 0 Å². The van der Waals surface area contributed by atoms with E-state index in [9.17, 15) is 27.9 Å². The van der Waals surface area contributed by atoms with Gasteiger partial charge in [-0.25, -0.2) is 27.3 Å². The van der Waals surface area contributed by atoms with Gasteiger partial charge in [0.2, 0.25) is 5.95 Å². The lowest BCUT2D eigenvalue weighted by Gasteiger charge is -2.20. The minimum atomic E-state index is -1.66. The molecule has 48 heavy (non-hydrogen) atoms. The molecule has 8 rings (SSSR count). The van der Waals surface area contributed by atoms with Crippen LogP contribution in [0.15, 0.2) is 64.6 Å². The molecule has 2 bridgehead atoms. The zero-order chi connectivity index (χ0) is 33.7. The Hall–Kier alpha value is -5.05. The average Bonchev–Trinajstić information content (AvgIpc) is 3.42. The molecular formula is C33H28ClF3N8O3. The number of hydrogen-bond acceptors (Lipinski definition) is 8. The normalized spacial score (nSPS) is 15.4. The maximum absolute atomic E-state index is 14.4. The largest absolute Gasteiger partial charge is 0.379 e. The highest BCUT2D eigenvalue weighted by Crippen LogP contribution is 2.35. The smallest absolute Gasteiger partial charge is 0.359 e. The number of hydrogen-bond donors (Lipinski definition) is 3. The number of rotatable bonds is 2. The van der Waals surface area contributed by atoms with Gasteiger partial charge in [-0.3, -0.25) is 19.5 Å². The third-order valence-electron chi connectivity index (χ3n) is 8.46. The zero-order valence-electron chi connectivity index (χ0n) is 25.5. The molecule has 2 aliphatic heterocycles. The van der Waals surface area contributed by atoms with E-state index < -0.39 is 41.6 Å². The highest BCUT2D eigenvalue weighted by Gasteiger charge is 2.23. The fourth-order valence-corrected chi connectivity index (χ4v) is 6.48. The minimum absolute atomic E-state index is 0.106. The second-order valence-electron chi connectivity index (χ2n) is 11.7. The number of aliphatic hydroxyl groups excluding tert-OH is 1. The van der Waals surface area contributed by atoms with Crippen molar-refractivity contribution in [2.45, 2.75) is 45.0 Å². The average molecular weight is 677 g/mol. The quantitative estimate of drug-likeness (QED) is 0.223. The van der Waals surface area contributed by atoms with Gasteiger partial charge in [0.15, 0.2) is 17.5 Å². The van der Waals surface area contributed by atoms with Gasteiger partial charge in [0.05, 0.1) is 34.7 Å². The molecule has 0 saturated heterocycles. The third-order valence-corrected chi connectivity index (χ3v) is 8.76. The predicted octanol–water partition coefficient (Wildman–Crippen LogP) is 4.83. The SMILES string of the molecule is Cn1cc2c3c(c(Cl)cc2n1)Nc1nc(=O)n(c(=O)n1Cc1cc(F)c(F)c(F)c1)-c1cncc2cccc(c12)CCCCC(O)NC3. The van der Waals surface area contributed by atoms with E-state index in [0.717, 1.165) is 26.8 Å². The van der Waals surface area contributed by atoms with E-state index in [1.54, 1.807) is 36.3 Å². The Balaban J connectivity index is 1.51. The molecular weight excluding hydrogens is 649 g/mol. The van der Waals surface area contributed by atoms with Gasteiger partial charge in [0, 0.05) is 47.7 Å². The van der Waals surface area contributed by atoms with Crippen LogP contribution < -0.4 is 22.0 Å². The standard InChI is InChI=1S/C33H28ClF3N8O3/c1-43-16-21-20-13-39-27(46)8-3-2-5-18-6-4-7-19-12-38-14-26(28(18)19)45-32(47)41-31(40-30(20)22(34)11-25(21)42-43)44(33(45)48)15-17-9-23(35)29(37)24(36)10-17/h4,6-7,9-12,14,16,27,39,46H,2-3,5,8,13,15H2,1H3,(H,40,41,47). The Kier molecular flexibility index (Phi) is 8.23. The van der Waals surface area contributed by atoms with Crippen LogP contribution in [0.2, 0.25) is 5.02 Å². The van der Waals surface area contributed by atoms with Gasteiger partial charge in [-0.15, -0.1) is 0 Å². The molecule has 3 aromatic heterocycles. The van der Waals surface area contributed by atoms with Crippen LogP contribution in [-0.4, -0.2) is 40.2 Å². The molecule has 1 atom stereocenters. The van der Waals surface area contributed by atoms with Crippen LogP contribution in [0, 0.1) is 17.5 Å². The summed E-state index contributed by atoms with van der Waals surface area (Å²) in [5.41, 5.74) is 0.429. The van der Waals surface area contributed by atoms with Crippen LogP contribution in [0.1, 0.15) is 36.0 Å². The number of nitrogens with one attached hydrogen (secondary N) is 2. The fraction of sp³-hybridized carbons (Fsp3) is 0.242. The Morgan fingerprint density at radius 3 is 2.67 bits per heavy atom. The number of benzene rings is 3. The van der Waals surface area contributed by atoms with E-state index in [2.05, 4.69) is 25.7 Å². The zero-order valence-corrected chi connectivity index (χ0v) is 26.2. The highest BCUT2D eigenvalue weighted by atomic mass is 35.5. The molecule has 0 radical (unpaired) electrons. The number of aliphatic hydroxyl groups is 1. The first kappa shape index (κ1) is 31.5. The van der Waals surface area contributed by atoms with Gasteiger partial charge < -0.3 is 10.4 Å². The van der Waals surface area contributed by atoms with Gasteiger partial charge >= 0.3 is 11.4 Å². The van der Waals surface area contributed by atoms with Crippen LogP contribution in [-0.2, 0) is 26.6 Å². The van der Waals surface area contributed by atoms with E-state index in [0.29, 0.717) is 52.9 Å². The summed E-state index contributed by atoms with van der Waals surface area (Å²) in [6, 6.07) is 8.68. The molecule has 2 aliphatic rings. The number of aryl methyl sites for hydroxylation is 2. The molecule has 11 nitrogen and oxygen atoms in total. The first-order valence-electron chi connectivity index (χ1n) is 15.2. The summed E-state index contributed by atoms with van der Waals surface area (Å²) >= 11 is 6.77. The topological polar surface area (TPSA) is 132 Å². The first-order chi connectivity index (χ1) is 23.1. The Morgan fingerprint density at radius 1 is 1.08 bits per heavy atom. The maximum Gasteiger partial charge on any atom is 0.359 e. The predicted molar refractivity (Wildman–Crippen MR) is 174 cm³/mol. The van der Waals surface area contributed by atoms with E-state index in [-0.39, 0.29) is 34.5 Å². The van der Waals surface area contributed by atoms with E-state index in [4.69, 9.17) is 11.6 Å². The highest BCUT2D eigenvalue weighted by molar-refractivity contribution is 6.34. The Labute approximate surface area is 275 Å². The third kappa shape index (κ3) is 5.71. The Morgan fingerprint density at radius 2 is 1.88 bits per heavy atom. The molecule has 1 unspecified atom stereocenters. The molecule has 5 heterocycles. The van der Waals surface area contributed by atoms with Gasteiger partial charge in [-0.2, -0.15) is 10.1 Å².